The predicted octanol–water partition coefficient (Wildman–Crippen LogP) is 4.53. The quantitative estimate of drug-likeness (QED) is 0.587. The average Bonchev–Trinajstić information content (AvgIpc) is 3.21. The Balaban J connectivity index is 2.07. The van der Waals surface area contributed by atoms with E-state index < -0.39 is 8.07 Å². The molecule has 0 spiro atoms. The molecule has 2 unspecified atom stereocenters. The van der Waals surface area contributed by atoms with Gasteiger partial charge in [-0.1, -0.05) is 50.0 Å². The first-order chi connectivity index (χ1) is 10.4. The number of benzene rings is 1. The highest BCUT2D eigenvalue weighted by molar-refractivity contribution is 6.89. The molecule has 22 heavy (non-hydrogen) atoms. The van der Waals surface area contributed by atoms with E-state index in [1.807, 2.05) is 0 Å². The summed E-state index contributed by atoms with van der Waals surface area (Å²) in [7, 11) is -1.42. The predicted molar refractivity (Wildman–Crippen MR) is 96.6 cm³/mol. The maximum Gasteiger partial charge on any atom is 0.0803 e. The van der Waals surface area contributed by atoms with Gasteiger partial charge < -0.3 is 0 Å². The first-order valence-corrected chi connectivity index (χ1v) is 11.6. The van der Waals surface area contributed by atoms with Crippen LogP contribution in [0.2, 0.25) is 19.6 Å². The van der Waals surface area contributed by atoms with Crippen LogP contribution in [0.1, 0.15) is 29.2 Å². The van der Waals surface area contributed by atoms with Gasteiger partial charge in [0.2, 0.25) is 0 Å². The summed E-state index contributed by atoms with van der Waals surface area (Å²) in [5, 5.41) is 1.57. The number of fused-ring (bicyclic) bond motifs is 7. The molecular weight excluding hydrogens is 282 g/mol. The van der Waals surface area contributed by atoms with Gasteiger partial charge in [0.05, 0.1) is 13.8 Å². The molecule has 2 heteroatoms. The number of nitrogens with zero attached hydrogens (tertiary/aromatic N) is 1. The Hall–Kier alpha value is -1.67. The van der Waals surface area contributed by atoms with Crippen molar-refractivity contribution in [3.63, 3.8) is 0 Å². The van der Waals surface area contributed by atoms with Crippen molar-refractivity contribution < 1.29 is 0 Å². The van der Waals surface area contributed by atoms with Gasteiger partial charge in [0.1, 0.15) is 0 Å². The minimum Gasteiger partial charge on any atom is -0.253 e. The first-order valence-electron chi connectivity index (χ1n) is 8.14. The van der Waals surface area contributed by atoms with Crippen LogP contribution in [0.15, 0.2) is 43.0 Å². The number of pyridine rings is 1. The first kappa shape index (κ1) is 14.0. The van der Waals surface area contributed by atoms with Gasteiger partial charge in [0.25, 0.3) is 0 Å². The lowest BCUT2D eigenvalue weighted by Gasteiger charge is -2.23. The highest BCUT2D eigenvalue weighted by Crippen LogP contribution is 2.63. The van der Waals surface area contributed by atoms with Gasteiger partial charge in [0.15, 0.2) is 0 Å². The normalized spacial score (nSPS) is 25.0. The molecular formula is C20H23NSi. The Morgan fingerprint density at radius 2 is 2.00 bits per heavy atom. The zero-order valence-electron chi connectivity index (χ0n) is 13.9. The maximum absolute atomic E-state index is 5.14. The molecule has 0 radical (unpaired) electrons. The molecule has 112 valence electrons. The van der Waals surface area contributed by atoms with Crippen LogP contribution in [0.4, 0.5) is 0 Å². The van der Waals surface area contributed by atoms with Crippen LogP contribution in [0.3, 0.4) is 0 Å². The van der Waals surface area contributed by atoms with Gasteiger partial charge in [-0.05, 0) is 35.7 Å². The minimum atomic E-state index is -1.42. The minimum absolute atomic E-state index is 0.112. The van der Waals surface area contributed by atoms with E-state index in [1.165, 1.54) is 28.8 Å². The fourth-order valence-corrected chi connectivity index (χ4v) is 6.68. The van der Waals surface area contributed by atoms with Gasteiger partial charge >= 0.3 is 0 Å². The standard InChI is InChI=1S/C20H23NSi/c1-6-20-12-16(20)18-19(22(3,4)5)13(2)11-17(21-18)14-9-7-8-10-15(14)20/h6-11,16H,1,12H2,2-5H3. The Morgan fingerprint density at radius 3 is 2.68 bits per heavy atom. The summed E-state index contributed by atoms with van der Waals surface area (Å²) >= 11 is 0. The molecule has 2 aliphatic rings. The van der Waals surface area contributed by atoms with E-state index >= 15 is 0 Å². The van der Waals surface area contributed by atoms with Gasteiger partial charge in [-0.3, -0.25) is 4.98 Å². The number of allylic oxidation sites excluding steroid dienone is 1. The van der Waals surface area contributed by atoms with Crippen LogP contribution >= 0.6 is 0 Å². The lowest BCUT2D eigenvalue weighted by atomic mass is 9.88. The Labute approximate surface area is 134 Å². The van der Waals surface area contributed by atoms with E-state index in [0.29, 0.717) is 5.92 Å². The highest BCUT2D eigenvalue weighted by atomic mass is 28.3. The van der Waals surface area contributed by atoms with E-state index in [9.17, 15) is 0 Å². The van der Waals surface area contributed by atoms with Crippen LogP contribution in [-0.2, 0) is 5.41 Å². The SMILES string of the molecule is C=CC12CC1c1nc(cc(C)c1[Si](C)(C)C)-c1ccccc12. The van der Waals surface area contributed by atoms with Crippen molar-refractivity contribution in [1.82, 2.24) is 4.98 Å². The lowest BCUT2D eigenvalue weighted by Crippen LogP contribution is -2.42. The van der Waals surface area contributed by atoms with Gasteiger partial charge in [0, 0.05) is 22.6 Å². The lowest BCUT2D eigenvalue weighted by molar-refractivity contribution is 0.842. The molecule has 1 aliphatic carbocycles. The monoisotopic (exact) mass is 305 g/mol. The zero-order valence-corrected chi connectivity index (χ0v) is 14.9. The van der Waals surface area contributed by atoms with Crippen LogP contribution in [0.5, 0.6) is 0 Å². The third-order valence-electron chi connectivity index (χ3n) is 5.40. The Kier molecular flexibility index (Phi) is 2.66. The molecule has 2 aromatic rings. The highest BCUT2D eigenvalue weighted by Gasteiger charge is 2.57. The summed E-state index contributed by atoms with van der Waals surface area (Å²) in [6.45, 7) is 13.8. The van der Waals surface area contributed by atoms with Crippen molar-refractivity contribution in [3.05, 3.63) is 59.8 Å². The summed E-state index contributed by atoms with van der Waals surface area (Å²) in [6, 6.07) is 11.1. The number of aryl methyl sites for hydroxylation is 1. The summed E-state index contributed by atoms with van der Waals surface area (Å²) in [5.41, 5.74) is 6.78. The second-order valence-corrected chi connectivity index (χ2v) is 12.9. The molecule has 2 atom stereocenters. The van der Waals surface area contributed by atoms with Crippen LogP contribution in [-0.4, -0.2) is 13.1 Å². The molecule has 0 amide bonds. The molecule has 1 aromatic heterocycles. The smallest absolute Gasteiger partial charge is 0.0803 e. The maximum atomic E-state index is 5.14. The van der Waals surface area contributed by atoms with Crippen LogP contribution < -0.4 is 5.19 Å². The zero-order chi connectivity index (χ0) is 15.7. The van der Waals surface area contributed by atoms with E-state index in [4.69, 9.17) is 4.98 Å². The van der Waals surface area contributed by atoms with Crippen molar-refractivity contribution in [2.45, 2.75) is 44.3 Å². The fourth-order valence-electron chi connectivity index (χ4n) is 4.43. The van der Waals surface area contributed by atoms with Gasteiger partial charge in [-0.25, -0.2) is 0 Å². The Bertz CT molecular complexity index is 800. The van der Waals surface area contributed by atoms with Crippen molar-refractivity contribution in [2.24, 2.45) is 0 Å². The van der Waals surface area contributed by atoms with Crippen molar-refractivity contribution in [3.8, 4) is 11.3 Å². The molecule has 0 N–H and O–H groups in total. The molecule has 1 aliphatic heterocycles. The third kappa shape index (κ3) is 1.67. The summed E-state index contributed by atoms with van der Waals surface area (Å²) in [4.78, 5) is 5.14. The number of aromatic nitrogens is 1. The van der Waals surface area contributed by atoms with Crippen molar-refractivity contribution in [2.75, 3.05) is 0 Å². The second-order valence-electron chi connectivity index (χ2n) is 7.88. The fraction of sp³-hybridized carbons (Fsp3) is 0.350. The molecule has 1 aromatic carbocycles. The second kappa shape index (κ2) is 4.20. The third-order valence-corrected chi connectivity index (χ3v) is 7.55. The number of hydrogen-bond acceptors (Lipinski definition) is 1. The van der Waals surface area contributed by atoms with E-state index in [0.717, 1.165) is 5.69 Å². The molecule has 2 heterocycles. The topological polar surface area (TPSA) is 12.9 Å². The number of hydrogen-bond donors (Lipinski definition) is 0. The van der Waals surface area contributed by atoms with Gasteiger partial charge in [-0.15, -0.1) is 6.58 Å². The number of rotatable bonds is 2. The molecule has 1 fully saturated rings. The largest absolute Gasteiger partial charge is 0.253 e. The van der Waals surface area contributed by atoms with Crippen LogP contribution in [0, 0.1) is 6.92 Å². The molecule has 1 saturated carbocycles. The molecule has 2 bridgehead atoms. The molecule has 4 rings (SSSR count). The van der Waals surface area contributed by atoms with Gasteiger partial charge in [-0.2, -0.15) is 0 Å². The van der Waals surface area contributed by atoms with E-state index in [1.54, 1.807) is 5.19 Å². The summed E-state index contributed by atoms with van der Waals surface area (Å²) in [5.74, 6) is 0.522. The molecule has 0 saturated heterocycles. The average molecular weight is 305 g/mol. The summed E-state index contributed by atoms with van der Waals surface area (Å²) < 4.78 is 0. The van der Waals surface area contributed by atoms with Crippen LogP contribution in [0.25, 0.3) is 11.3 Å². The molecule has 1 nitrogen and oxygen atoms in total. The van der Waals surface area contributed by atoms with E-state index in [-0.39, 0.29) is 5.41 Å². The van der Waals surface area contributed by atoms with Crippen molar-refractivity contribution >= 4 is 13.3 Å². The Morgan fingerprint density at radius 1 is 1.27 bits per heavy atom. The summed E-state index contributed by atoms with van der Waals surface area (Å²) in [6.07, 6.45) is 3.35. The van der Waals surface area contributed by atoms with E-state index in [2.05, 4.69) is 69.6 Å². The van der Waals surface area contributed by atoms with Crippen molar-refractivity contribution in [1.29, 1.82) is 0 Å².